The largest absolute Gasteiger partial charge is 0.456 e. The van der Waals surface area contributed by atoms with Crippen molar-refractivity contribution in [1.29, 1.82) is 0 Å². The number of ether oxygens (including phenoxy) is 1. The summed E-state index contributed by atoms with van der Waals surface area (Å²) in [6.45, 7) is 0.451. The van der Waals surface area contributed by atoms with E-state index in [0.29, 0.717) is 29.6 Å². The second kappa shape index (κ2) is 8.33. The van der Waals surface area contributed by atoms with Gasteiger partial charge in [0.25, 0.3) is 0 Å². The molecular weight excluding hydrogens is 398 g/mol. The number of carbonyl (C=O) groups excluding carboxylic acids is 3. The molecule has 1 saturated carbocycles. The first-order chi connectivity index (χ1) is 14.9. The lowest BCUT2D eigenvalue weighted by atomic mass is 9.68. The number of rotatable bonds is 5. The van der Waals surface area contributed by atoms with E-state index in [1.165, 1.54) is 16.0 Å². The van der Waals surface area contributed by atoms with E-state index in [2.05, 4.69) is 15.3 Å². The Labute approximate surface area is 180 Å². The predicted octanol–water partition coefficient (Wildman–Crippen LogP) is 2.83. The van der Waals surface area contributed by atoms with Gasteiger partial charge < -0.3 is 9.64 Å². The minimum absolute atomic E-state index is 0.0499. The quantitative estimate of drug-likeness (QED) is 0.793. The smallest absolute Gasteiger partial charge is 0.329 e. The zero-order valence-corrected chi connectivity index (χ0v) is 17.6. The summed E-state index contributed by atoms with van der Waals surface area (Å²) in [5.41, 5.74) is 0.302. The highest BCUT2D eigenvalue weighted by Gasteiger charge is 2.52. The highest BCUT2D eigenvalue weighted by molar-refractivity contribution is 6.04. The molecule has 31 heavy (non-hydrogen) atoms. The van der Waals surface area contributed by atoms with Crippen molar-refractivity contribution in [2.75, 3.05) is 26.0 Å². The fourth-order valence-electron chi connectivity index (χ4n) is 3.84. The van der Waals surface area contributed by atoms with Crippen molar-refractivity contribution in [3.63, 3.8) is 0 Å². The summed E-state index contributed by atoms with van der Waals surface area (Å²) >= 11 is 0. The predicted molar refractivity (Wildman–Crippen MR) is 113 cm³/mol. The molecule has 4 rings (SSSR count). The minimum Gasteiger partial charge on any atom is -0.456 e. The van der Waals surface area contributed by atoms with Crippen molar-refractivity contribution >= 4 is 23.7 Å². The van der Waals surface area contributed by atoms with E-state index in [1.807, 2.05) is 0 Å². The van der Waals surface area contributed by atoms with Crippen LogP contribution in [0.15, 0.2) is 36.7 Å². The van der Waals surface area contributed by atoms with Gasteiger partial charge in [0.15, 0.2) is 0 Å². The van der Waals surface area contributed by atoms with Crippen LogP contribution in [0.5, 0.6) is 11.5 Å². The van der Waals surface area contributed by atoms with Gasteiger partial charge in [-0.15, -0.1) is 0 Å². The molecule has 1 N–H and O–H groups in total. The lowest BCUT2D eigenvalue weighted by Gasteiger charge is -2.35. The number of nitrogens with one attached hydrogen (secondary N) is 1. The van der Waals surface area contributed by atoms with Crippen LogP contribution in [0.3, 0.4) is 0 Å². The number of likely N-dealkylation sites (tertiary alicyclic amines) is 1. The molecule has 4 amide bonds. The molecule has 1 aliphatic carbocycles. The van der Waals surface area contributed by atoms with E-state index in [-0.39, 0.29) is 23.7 Å². The summed E-state index contributed by atoms with van der Waals surface area (Å²) in [6.07, 6.45) is 6.80. The van der Waals surface area contributed by atoms with Crippen LogP contribution in [-0.4, -0.2) is 58.3 Å². The zero-order valence-electron chi connectivity index (χ0n) is 17.6. The number of nitrogens with zero attached hydrogens (tertiary/aromatic N) is 4. The SMILES string of the molecule is CN(C)C(=O)Cc1cc(Oc2ccc(NC(=O)N3CCC4(CCC4)C3=O)nc2)ccn1. The molecule has 2 fully saturated rings. The molecule has 0 radical (unpaired) electrons. The van der Waals surface area contributed by atoms with Crippen molar-refractivity contribution < 1.29 is 19.1 Å². The lowest BCUT2D eigenvalue weighted by molar-refractivity contribution is -0.137. The maximum absolute atomic E-state index is 12.5. The topological polar surface area (TPSA) is 105 Å². The molecule has 2 aromatic heterocycles. The number of imide groups is 1. The number of carbonyl (C=O) groups is 3. The third-order valence-corrected chi connectivity index (χ3v) is 5.89. The molecule has 1 spiro atoms. The standard InChI is InChI=1S/C22H25N5O4/c1-26(2)19(28)13-15-12-16(6-10-23-15)31-17-4-5-18(24-14-17)25-21(30)27-11-9-22(20(27)29)7-3-8-22/h4-6,10,12,14H,3,7-9,11,13H2,1-2H3,(H,24,25,30). The summed E-state index contributed by atoms with van der Waals surface area (Å²) in [6, 6.07) is 6.23. The van der Waals surface area contributed by atoms with Gasteiger partial charge in [-0.05, 0) is 37.5 Å². The third kappa shape index (κ3) is 4.35. The first kappa shape index (κ1) is 20.8. The second-order valence-corrected chi connectivity index (χ2v) is 8.20. The van der Waals surface area contributed by atoms with Gasteiger partial charge in [0, 0.05) is 32.9 Å². The molecule has 162 valence electrons. The molecule has 0 unspecified atom stereocenters. The molecule has 2 aliphatic rings. The molecule has 9 nitrogen and oxygen atoms in total. The molecule has 0 bridgehead atoms. The number of hydrogen-bond acceptors (Lipinski definition) is 6. The van der Waals surface area contributed by atoms with E-state index in [4.69, 9.17) is 4.74 Å². The van der Waals surface area contributed by atoms with Crippen LogP contribution in [0, 0.1) is 5.41 Å². The van der Waals surface area contributed by atoms with E-state index < -0.39 is 6.03 Å². The number of pyridine rings is 2. The Balaban J connectivity index is 1.35. The minimum atomic E-state index is -0.445. The van der Waals surface area contributed by atoms with Gasteiger partial charge in [-0.3, -0.25) is 24.8 Å². The van der Waals surface area contributed by atoms with Gasteiger partial charge >= 0.3 is 6.03 Å². The van der Waals surface area contributed by atoms with Gasteiger partial charge in [0.1, 0.15) is 17.3 Å². The van der Waals surface area contributed by atoms with Crippen LogP contribution in [-0.2, 0) is 16.0 Å². The van der Waals surface area contributed by atoms with Crippen LogP contribution < -0.4 is 10.1 Å². The van der Waals surface area contributed by atoms with Crippen molar-refractivity contribution in [2.45, 2.75) is 32.1 Å². The van der Waals surface area contributed by atoms with Gasteiger partial charge in [-0.2, -0.15) is 0 Å². The third-order valence-electron chi connectivity index (χ3n) is 5.89. The summed E-state index contributed by atoms with van der Waals surface area (Å²) in [4.78, 5) is 48.1. The average Bonchev–Trinajstić information content (AvgIpc) is 3.07. The maximum Gasteiger partial charge on any atom is 0.329 e. The highest BCUT2D eigenvalue weighted by atomic mass is 16.5. The highest BCUT2D eigenvalue weighted by Crippen LogP contribution is 2.49. The number of aromatic nitrogens is 2. The lowest BCUT2D eigenvalue weighted by Crippen LogP contribution is -2.43. The Morgan fingerprint density at radius 3 is 2.58 bits per heavy atom. The Kier molecular flexibility index (Phi) is 5.58. The molecule has 1 aliphatic heterocycles. The van der Waals surface area contributed by atoms with Crippen molar-refractivity contribution in [3.8, 4) is 11.5 Å². The van der Waals surface area contributed by atoms with E-state index in [0.717, 1.165) is 25.7 Å². The van der Waals surface area contributed by atoms with Crippen molar-refractivity contribution in [2.24, 2.45) is 5.41 Å². The van der Waals surface area contributed by atoms with Crippen molar-refractivity contribution in [1.82, 2.24) is 19.8 Å². The molecule has 0 atom stereocenters. The monoisotopic (exact) mass is 423 g/mol. The summed E-state index contributed by atoms with van der Waals surface area (Å²) in [5, 5.41) is 2.68. The van der Waals surface area contributed by atoms with Crippen LogP contribution in [0.1, 0.15) is 31.4 Å². The van der Waals surface area contributed by atoms with Crippen LogP contribution in [0.25, 0.3) is 0 Å². The second-order valence-electron chi connectivity index (χ2n) is 8.20. The average molecular weight is 423 g/mol. The van der Waals surface area contributed by atoms with Gasteiger partial charge in [0.2, 0.25) is 11.8 Å². The Morgan fingerprint density at radius 1 is 1.16 bits per heavy atom. The Morgan fingerprint density at radius 2 is 1.97 bits per heavy atom. The molecule has 2 aromatic rings. The van der Waals surface area contributed by atoms with E-state index in [1.54, 1.807) is 44.6 Å². The van der Waals surface area contributed by atoms with E-state index >= 15 is 0 Å². The maximum atomic E-state index is 12.5. The van der Waals surface area contributed by atoms with Crippen LogP contribution in [0.2, 0.25) is 0 Å². The van der Waals surface area contributed by atoms with Gasteiger partial charge in [-0.1, -0.05) is 6.42 Å². The number of anilines is 1. The molecular formula is C22H25N5O4. The fourth-order valence-corrected chi connectivity index (χ4v) is 3.84. The van der Waals surface area contributed by atoms with Crippen LogP contribution >= 0.6 is 0 Å². The molecule has 1 saturated heterocycles. The number of likely N-dealkylation sites (N-methyl/N-ethyl adjacent to an activating group) is 1. The Hall–Kier alpha value is -3.49. The summed E-state index contributed by atoms with van der Waals surface area (Å²) in [5.74, 6) is 1.22. The van der Waals surface area contributed by atoms with Gasteiger partial charge in [0.05, 0.1) is 23.7 Å². The first-order valence-electron chi connectivity index (χ1n) is 10.3. The normalized spacial score (nSPS) is 16.7. The summed E-state index contributed by atoms with van der Waals surface area (Å²) in [7, 11) is 3.39. The molecule has 9 heteroatoms. The zero-order chi connectivity index (χ0) is 22.0. The molecule has 0 aromatic carbocycles. The van der Waals surface area contributed by atoms with Crippen LogP contribution in [0.4, 0.5) is 10.6 Å². The number of urea groups is 1. The molecule has 3 heterocycles. The van der Waals surface area contributed by atoms with E-state index in [9.17, 15) is 14.4 Å². The summed E-state index contributed by atoms with van der Waals surface area (Å²) < 4.78 is 5.78. The van der Waals surface area contributed by atoms with Crippen molar-refractivity contribution in [3.05, 3.63) is 42.4 Å². The number of hydrogen-bond donors (Lipinski definition) is 1. The fraction of sp³-hybridized carbons (Fsp3) is 0.409. The first-order valence-corrected chi connectivity index (χ1v) is 10.3. The van der Waals surface area contributed by atoms with Gasteiger partial charge in [-0.25, -0.2) is 9.78 Å². The number of amides is 4. The Bertz CT molecular complexity index is 1000.